The molecule has 0 aliphatic heterocycles. The zero-order valence-corrected chi connectivity index (χ0v) is 13.4. The predicted octanol–water partition coefficient (Wildman–Crippen LogP) is 3.02. The molecule has 0 saturated heterocycles. The average molecular weight is 270 g/mol. The van der Waals surface area contributed by atoms with E-state index in [1.54, 1.807) is 11.9 Å². The Labute approximate surface area is 117 Å². The molecule has 4 heteroatoms. The van der Waals surface area contributed by atoms with Gasteiger partial charge in [-0.2, -0.15) is 0 Å². The summed E-state index contributed by atoms with van der Waals surface area (Å²) in [6.07, 6.45) is 3.50. The number of nitrogens with zero attached hydrogens (tertiary/aromatic N) is 1. The molecule has 0 aromatic rings. The van der Waals surface area contributed by atoms with Gasteiger partial charge in [0.25, 0.3) is 0 Å². The van der Waals surface area contributed by atoms with Gasteiger partial charge in [0.15, 0.2) is 0 Å². The molecule has 1 aliphatic carbocycles. The van der Waals surface area contributed by atoms with E-state index in [0.29, 0.717) is 18.0 Å². The van der Waals surface area contributed by atoms with Gasteiger partial charge in [0.2, 0.25) is 0 Å². The third-order valence-corrected chi connectivity index (χ3v) is 3.55. The van der Waals surface area contributed by atoms with Crippen molar-refractivity contribution in [2.75, 3.05) is 20.1 Å². The van der Waals surface area contributed by atoms with Gasteiger partial charge in [-0.15, -0.1) is 0 Å². The standard InChI is InChI=1S/C15H30N2O2/c1-14(2,3)19-13(18)17(6)10-9-16-12-7-8-15(4,5)11-12/h12,16H,7-11H2,1-6H3. The van der Waals surface area contributed by atoms with Crippen LogP contribution in [0.4, 0.5) is 4.79 Å². The van der Waals surface area contributed by atoms with Gasteiger partial charge in [-0.1, -0.05) is 13.8 Å². The molecule has 112 valence electrons. The highest BCUT2D eigenvalue weighted by Crippen LogP contribution is 2.36. The second-order valence-corrected chi connectivity index (χ2v) is 7.46. The van der Waals surface area contributed by atoms with Crippen LogP contribution in [0.5, 0.6) is 0 Å². The Kier molecular flexibility index (Phi) is 5.25. The maximum absolute atomic E-state index is 11.8. The first-order valence-electron chi connectivity index (χ1n) is 7.27. The molecule has 1 rings (SSSR count). The molecule has 19 heavy (non-hydrogen) atoms. The van der Waals surface area contributed by atoms with Crippen molar-refractivity contribution in [2.45, 2.75) is 65.5 Å². The number of hydrogen-bond donors (Lipinski definition) is 1. The van der Waals surface area contributed by atoms with Gasteiger partial charge < -0.3 is 15.0 Å². The number of nitrogens with one attached hydrogen (secondary N) is 1. The molecule has 1 amide bonds. The molecule has 0 heterocycles. The fourth-order valence-electron chi connectivity index (χ4n) is 2.48. The molecule has 4 nitrogen and oxygen atoms in total. The molecule has 1 atom stereocenters. The van der Waals surface area contributed by atoms with Crippen LogP contribution in [0.1, 0.15) is 53.9 Å². The number of carbonyl (C=O) groups excluding carboxylic acids is 1. The van der Waals surface area contributed by atoms with E-state index in [4.69, 9.17) is 4.74 Å². The molecule has 1 unspecified atom stereocenters. The van der Waals surface area contributed by atoms with Gasteiger partial charge in [-0.3, -0.25) is 0 Å². The third kappa shape index (κ3) is 6.28. The van der Waals surface area contributed by atoms with Gasteiger partial charge in [-0.25, -0.2) is 4.79 Å². The fourth-order valence-corrected chi connectivity index (χ4v) is 2.48. The Morgan fingerprint density at radius 1 is 1.42 bits per heavy atom. The largest absolute Gasteiger partial charge is 0.444 e. The first kappa shape index (κ1) is 16.3. The molecule has 1 N–H and O–H groups in total. The van der Waals surface area contributed by atoms with Crippen molar-refractivity contribution < 1.29 is 9.53 Å². The lowest BCUT2D eigenvalue weighted by Gasteiger charge is -2.25. The van der Waals surface area contributed by atoms with E-state index in [1.807, 2.05) is 20.8 Å². The average Bonchev–Trinajstić information content (AvgIpc) is 2.55. The van der Waals surface area contributed by atoms with Crippen LogP contribution >= 0.6 is 0 Å². The topological polar surface area (TPSA) is 41.6 Å². The molecule has 1 saturated carbocycles. The van der Waals surface area contributed by atoms with Gasteiger partial charge in [0.1, 0.15) is 5.60 Å². The minimum absolute atomic E-state index is 0.249. The molecule has 1 aliphatic rings. The molecule has 0 bridgehead atoms. The Morgan fingerprint density at radius 3 is 2.53 bits per heavy atom. The number of rotatable bonds is 4. The normalized spacial score (nSPS) is 22.3. The van der Waals surface area contributed by atoms with Crippen molar-refractivity contribution >= 4 is 6.09 Å². The lowest BCUT2D eigenvalue weighted by atomic mass is 9.92. The maximum Gasteiger partial charge on any atom is 0.410 e. The number of hydrogen-bond acceptors (Lipinski definition) is 3. The van der Waals surface area contributed by atoms with E-state index in [0.717, 1.165) is 6.54 Å². The first-order chi connectivity index (χ1) is 8.59. The number of amides is 1. The van der Waals surface area contributed by atoms with Crippen LogP contribution in [0.2, 0.25) is 0 Å². The molecular weight excluding hydrogens is 240 g/mol. The minimum atomic E-state index is -0.422. The van der Waals surface area contributed by atoms with E-state index in [2.05, 4.69) is 19.2 Å². The van der Waals surface area contributed by atoms with Crippen LogP contribution in [-0.4, -0.2) is 42.8 Å². The summed E-state index contributed by atoms with van der Waals surface area (Å²) in [5, 5.41) is 3.54. The van der Waals surface area contributed by atoms with Crippen LogP contribution in [-0.2, 0) is 4.74 Å². The molecule has 0 radical (unpaired) electrons. The highest BCUT2D eigenvalue weighted by Gasteiger charge is 2.30. The van der Waals surface area contributed by atoms with Crippen molar-refractivity contribution in [2.24, 2.45) is 5.41 Å². The van der Waals surface area contributed by atoms with Crippen molar-refractivity contribution in [3.63, 3.8) is 0 Å². The maximum atomic E-state index is 11.8. The number of ether oxygens (including phenoxy) is 1. The lowest BCUT2D eigenvalue weighted by molar-refractivity contribution is 0.0299. The fraction of sp³-hybridized carbons (Fsp3) is 0.933. The van der Waals surface area contributed by atoms with Gasteiger partial charge in [0, 0.05) is 26.2 Å². The lowest BCUT2D eigenvalue weighted by Crippen LogP contribution is -2.40. The smallest absolute Gasteiger partial charge is 0.410 e. The summed E-state index contributed by atoms with van der Waals surface area (Å²) >= 11 is 0. The summed E-state index contributed by atoms with van der Waals surface area (Å²) in [4.78, 5) is 13.4. The van der Waals surface area contributed by atoms with Gasteiger partial charge in [0.05, 0.1) is 0 Å². The number of likely N-dealkylation sites (N-methyl/N-ethyl adjacent to an activating group) is 1. The van der Waals surface area contributed by atoms with Crippen LogP contribution in [0.3, 0.4) is 0 Å². The summed E-state index contributed by atoms with van der Waals surface area (Å²) < 4.78 is 5.31. The van der Waals surface area contributed by atoms with Crippen molar-refractivity contribution in [3.8, 4) is 0 Å². The van der Waals surface area contributed by atoms with Crippen LogP contribution in [0.15, 0.2) is 0 Å². The third-order valence-electron chi connectivity index (χ3n) is 3.55. The molecular formula is C15H30N2O2. The molecule has 0 spiro atoms. The Hall–Kier alpha value is -0.770. The summed E-state index contributed by atoms with van der Waals surface area (Å²) in [6.45, 7) is 11.8. The molecule has 0 aromatic heterocycles. The van der Waals surface area contributed by atoms with E-state index in [9.17, 15) is 4.79 Å². The van der Waals surface area contributed by atoms with Crippen LogP contribution in [0, 0.1) is 5.41 Å². The van der Waals surface area contributed by atoms with E-state index in [-0.39, 0.29) is 6.09 Å². The summed E-state index contributed by atoms with van der Waals surface area (Å²) in [5.74, 6) is 0. The Bertz CT molecular complexity index is 308. The summed E-state index contributed by atoms with van der Waals surface area (Å²) in [5.41, 5.74) is 0.0446. The summed E-state index contributed by atoms with van der Waals surface area (Å²) in [7, 11) is 1.79. The second kappa shape index (κ2) is 6.12. The van der Waals surface area contributed by atoms with Crippen LogP contribution < -0.4 is 5.32 Å². The van der Waals surface area contributed by atoms with E-state index < -0.39 is 5.60 Å². The van der Waals surface area contributed by atoms with E-state index in [1.165, 1.54) is 19.3 Å². The Morgan fingerprint density at radius 2 is 2.05 bits per heavy atom. The molecule has 0 aromatic carbocycles. The number of carbonyl (C=O) groups is 1. The zero-order valence-electron chi connectivity index (χ0n) is 13.4. The minimum Gasteiger partial charge on any atom is -0.444 e. The van der Waals surface area contributed by atoms with Crippen molar-refractivity contribution in [1.29, 1.82) is 0 Å². The molecule has 1 fully saturated rings. The van der Waals surface area contributed by atoms with Gasteiger partial charge in [-0.05, 0) is 45.4 Å². The quantitative estimate of drug-likeness (QED) is 0.854. The SMILES string of the molecule is CN(CCNC1CCC(C)(C)C1)C(=O)OC(C)(C)C. The van der Waals surface area contributed by atoms with Gasteiger partial charge >= 0.3 is 6.09 Å². The van der Waals surface area contributed by atoms with E-state index >= 15 is 0 Å². The monoisotopic (exact) mass is 270 g/mol. The second-order valence-electron chi connectivity index (χ2n) is 7.46. The zero-order chi connectivity index (χ0) is 14.7. The first-order valence-corrected chi connectivity index (χ1v) is 7.27. The predicted molar refractivity (Wildman–Crippen MR) is 78.3 cm³/mol. The van der Waals surface area contributed by atoms with Crippen molar-refractivity contribution in [3.05, 3.63) is 0 Å². The highest BCUT2D eigenvalue weighted by atomic mass is 16.6. The summed E-state index contributed by atoms with van der Waals surface area (Å²) in [6, 6.07) is 0.599. The van der Waals surface area contributed by atoms with Crippen LogP contribution in [0.25, 0.3) is 0 Å². The highest BCUT2D eigenvalue weighted by molar-refractivity contribution is 5.67. The van der Waals surface area contributed by atoms with Crippen molar-refractivity contribution in [1.82, 2.24) is 10.2 Å². The Balaban J connectivity index is 2.21.